The molecule has 37 heavy (non-hydrogen) atoms. The van der Waals surface area contributed by atoms with Crippen molar-refractivity contribution in [3.05, 3.63) is 59.3 Å². The van der Waals surface area contributed by atoms with Crippen LogP contribution in [0.1, 0.15) is 67.6 Å². The molecule has 2 aromatic rings. The number of nitrogens with one attached hydrogen (secondary N) is 2. The molecule has 0 fully saturated rings. The second-order valence-electron chi connectivity index (χ2n) is 9.05. The Kier molecular flexibility index (Phi) is 11.4. The molecule has 0 aliphatic carbocycles. The molecular weight excluding hydrogens is 512 g/mol. The fraction of sp³-hybridized carbons (Fsp3) is 0.462. The molecule has 0 radical (unpaired) electrons. The van der Waals surface area contributed by atoms with Crippen LogP contribution in [0.3, 0.4) is 0 Å². The van der Waals surface area contributed by atoms with E-state index in [0.29, 0.717) is 43.6 Å². The highest BCUT2D eigenvalue weighted by atomic mass is 32.1. The summed E-state index contributed by atoms with van der Waals surface area (Å²) in [5, 5.41) is 6.66. The molecule has 0 unspecified atom stereocenters. The van der Waals surface area contributed by atoms with Gasteiger partial charge in [-0.25, -0.2) is 4.39 Å². The van der Waals surface area contributed by atoms with Crippen molar-refractivity contribution in [2.24, 2.45) is 5.92 Å². The van der Waals surface area contributed by atoms with Crippen LogP contribution in [0.5, 0.6) is 0 Å². The van der Waals surface area contributed by atoms with Crippen molar-refractivity contribution in [2.45, 2.75) is 70.6 Å². The van der Waals surface area contributed by atoms with E-state index in [0.717, 1.165) is 6.07 Å². The van der Waals surface area contributed by atoms with Gasteiger partial charge in [-0.2, -0.15) is 13.2 Å². The van der Waals surface area contributed by atoms with Crippen LogP contribution in [0, 0.1) is 11.7 Å². The highest BCUT2D eigenvalue weighted by Crippen LogP contribution is 2.32. The van der Waals surface area contributed by atoms with Crippen molar-refractivity contribution in [2.75, 3.05) is 0 Å². The number of hydrogen-bond acceptors (Lipinski definition) is 5. The minimum Gasteiger partial charge on any atom is -0.469 e. The number of Topliss-reactive ketones (excluding diaryl/α,β-unsaturated/α-hetero) is 1. The second kappa shape index (κ2) is 14.0. The monoisotopic (exact) mass is 542 g/mol. The van der Waals surface area contributed by atoms with E-state index in [1.54, 1.807) is 26.0 Å². The van der Waals surface area contributed by atoms with Gasteiger partial charge >= 0.3 is 6.18 Å². The van der Waals surface area contributed by atoms with Gasteiger partial charge < -0.3 is 15.1 Å². The molecule has 0 aliphatic heterocycles. The van der Waals surface area contributed by atoms with Crippen LogP contribution in [0.2, 0.25) is 0 Å². The Hall–Kier alpha value is -3.08. The van der Waals surface area contributed by atoms with Crippen LogP contribution in [0.25, 0.3) is 0 Å². The molecule has 0 aliphatic rings. The van der Waals surface area contributed by atoms with E-state index >= 15 is 0 Å². The number of rotatable bonds is 14. The van der Waals surface area contributed by atoms with Crippen LogP contribution < -0.4 is 10.6 Å². The molecule has 2 amide bonds. The van der Waals surface area contributed by atoms with Gasteiger partial charge in [-0.3, -0.25) is 14.4 Å². The predicted octanol–water partition coefficient (Wildman–Crippen LogP) is 5.44. The maximum atomic E-state index is 13.6. The standard InChI is InChI=1S/C26H30F4N2O4S/c1-16(2)14-22(32-24(34)17-8-10-20(27)19(15-17)26(28,29)30)25(35)31-21(7-3-4-13-37)23(33)11-9-18-6-5-12-36-18/h5-6,8,10,12-13,15-16,21-22H,3-4,7,9,11,14H2,1-2H3,(H,31,35)(H,32,34)/t21-,22-/m0/s1. The summed E-state index contributed by atoms with van der Waals surface area (Å²) in [6.45, 7) is 3.61. The highest BCUT2D eigenvalue weighted by Gasteiger charge is 2.35. The third-order valence-electron chi connectivity index (χ3n) is 5.58. The maximum absolute atomic E-state index is 13.6. The molecular formula is C26H30F4N2O4S. The number of unbranched alkanes of at least 4 members (excludes halogenated alkanes) is 1. The Bertz CT molecular complexity index is 1070. The topological polar surface area (TPSA) is 88.4 Å². The molecule has 1 aromatic carbocycles. The van der Waals surface area contributed by atoms with Crippen LogP contribution in [0.15, 0.2) is 41.0 Å². The third kappa shape index (κ3) is 9.71. The average molecular weight is 543 g/mol. The lowest BCUT2D eigenvalue weighted by Gasteiger charge is -2.24. The lowest BCUT2D eigenvalue weighted by molar-refractivity contribution is -0.140. The quantitative estimate of drug-likeness (QED) is 0.189. The van der Waals surface area contributed by atoms with Gasteiger partial charge in [-0.1, -0.05) is 26.1 Å². The SMILES string of the molecule is CC(C)C[C@H](NC(=O)c1ccc(F)c(C(F)(F)F)c1)C(=O)N[C@@H](CCCC=S)C(=O)CCc1ccco1. The first kappa shape index (κ1) is 30.1. The number of thiocarbonyl (C=S) groups is 1. The average Bonchev–Trinajstić information content (AvgIpc) is 3.34. The van der Waals surface area contributed by atoms with Crippen molar-refractivity contribution in [1.29, 1.82) is 0 Å². The molecule has 2 rings (SSSR count). The Labute approximate surface area is 218 Å². The predicted molar refractivity (Wildman–Crippen MR) is 134 cm³/mol. The lowest BCUT2D eigenvalue weighted by Crippen LogP contribution is -2.52. The summed E-state index contributed by atoms with van der Waals surface area (Å²) in [5.74, 6) is -2.78. The Morgan fingerprint density at radius 1 is 1.11 bits per heavy atom. The van der Waals surface area contributed by atoms with E-state index in [1.165, 1.54) is 11.6 Å². The van der Waals surface area contributed by atoms with E-state index in [-0.39, 0.29) is 24.5 Å². The van der Waals surface area contributed by atoms with E-state index in [2.05, 4.69) is 10.6 Å². The Balaban J connectivity index is 2.16. The summed E-state index contributed by atoms with van der Waals surface area (Å²) >= 11 is 4.83. The van der Waals surface area contributed by atoms with E-state index in [4.69, 9.17) is 16.6 Å². The first-order valence-corrected chi connectivity index (χ1v) is 12.4. The minimum absolute atomic E-state index is 0.0714. The molecule has 6 nitrogen and oxygen atoms in total. The van der Waals surface area contributed by atoms with Gasteiger partial charge in [0, 0.05) is 18.4 Å². The van der Waals surface area contributed by atoms with Gasteiger partial charge in [0.25, 0.3) is 5.91 Å². The number of halogens is 4. The molecule has 1 heterocycles. The van der Waals surface area contributed by atoms with Crippen LogP contribution >= 0.6 is 12.2 Å². The fourth-order valence-corrected chi connectivity index (χ4v) is 3.86. The van der Waals surface area contributed by atoms with Crippen LogP contribution in [-0.4, -0.2) is 35.0 Å². The summed E-state index contributed by atoms with van der Waals surface area (Å²) in [7, 11) is 0. The molecule has 0 saturated heterocycles. The van der Waals surface area contributed by atoms with E-state index < -0.39 is 47.0 Å². The van der Waals surface area contributed by atoms with E-state index in [1.807, 2.05) is 0 Å². The summed E-state index contributed by atoms with van der Waals surface area (Å²) < 4.78 is 58.1. The molecule has 202 valence electrons. The molecule has 0 bridgehead atoms. The normalized spacial score (nSPS) is 13.2. The number of aryl methyl sites for hydroxylation is 1. The number of amides is 2. The number of furan rings is 1. The zero-order valence-electron chi connectivity index (χ0n) is 20.6. The number of carbonyl (C=O) groups excluding carboxylic acids is 3. The highest BCUT2D eigenvalue weighted by molar-refractivity contribution is 7.78. The number of ketones is 1. The number of carbonyl (C=O) groups is 3. The number of hydrogen-bond donors (Lipinski definition) is 2. The van der Waals surface area contributed by atoms with Gasteiger partial charge in [0.2, 0.25) is 5.91 Å². The smallest absolute Gasteiger partial charge is 0.419 e. The summed E-state index contributed by atoms with van der Waals surface area (Å²) in [6.07, 6.45) is -1.42. The first-order valence-electron chi connectivity index (χ1n) is 11.9. The second-order valence-corrected chi connectivity index (χ2v) is 9.39. The van der Waals surface area contributed by atoms with Crippen LogP contribution in [0.4, 0.5) is 17.6 Å². The lowest BCUT2D eigenvalue weighted by atomic mass is 9.98. The Morgan fingerprint density at radius 3 is 2.43 bits per heavy atom. The summed E-state index contributed by atoms with van der Waals surface area (Å²) in [4.78, 5) is 38.8. The maximum Gasteiger partial charge on any atom is 0.419 e. The zero-order chi connectivity index (χ0) is 27.6. The van der Waals surface area contributed by atoms with Gasteiger partial charge in [0.1, 0.15) is 17.6 Å². The van der Waals surface area contributed by atoms with Crippen molar-refractivity contribution >= 4 is 35.2 Å². The molecule has 0 saturated carbocycles. The molecule has 0 spiro atoms. The van der Waals surface area contributed by atoms with E-state index in [9.17, 15) is 31.9 Å². The zero-order valence-corrected chi connectivity index (χ0v) is 21.4. The van der Waals surface area contributed by atoms with Crippen molar-refractivity contribution in [3.8, 4) is 0 Å². The molecule has 11 heteroatoms. The third-order valence-corrected chi connectivity index (χ3v) is 5.82. The Morgan fingerprint density at radius 2 is 1.84 bits per heavy atom. The van der Waals surface area contributed by atoms with Crippen molar-refractivity contribution in [3.63, 3.8) is 0 Å². The fourth-order valence-electron chi connectivity index (χ4n) is 3.69. The van der Waals surface area contributed by atoms with Crippen LogP contribution in [-0.2, 0) is 22.2 Å². The molecule has 1 aromatic heterocycles. The molecule has 2 atom stereocenters. The van der Waals surface area contributed by atoms with Gasteiger partial charge in [0.15, 0.2) is 5.78 Å². The minimum atomic E-state index is -4.99. The van der Waals surface area contributed by atoms with Gasteiger partial charge in [0.05, 0.1) is 17.9 Å². The summed E-state index contributed by atoms with van der Waals surface area (Å²) in [5.41, 5.74) is -2.02. The first-order chi connectivity index (χ1) is 17.4. The van der Waals surface area contributed by atoms with Crippen molar-refractivity contribution < 1.29 is 36.4 Å². The number of benzene rings is 1. The molecule has 2 N–H and O–H groups in total. The van der Waals surface area contributed by atoms with Crippen molar-refractivity contribution in [1.82, 2.24) is 10.6 Å². The summed E-state index contributed by atoms with van der Waals surface area (Å²) in [6, 6.07) is 3.35. The largest absolute Gasteiger partial charge is 0.469 e. The van der Waals surface area contributed by atoms with Gasteiger partial charge in [-0.15, -0.1) is 0 Å². The van der Waals surface area contributed by atoms with Gasteiger partial charge in [-0.05, 0) is 67.3 Å². The number of alkyl halides is 3.